The molecule has 84 valence electrons. The van der Waals surface area contributed by atoms with Crippen molar-refractivity contribution in [3.63, 3.8) is 0 Å². The van der Waals surface area contributed by atoms with Crippen molar-refractivity contribution in [2.45, 2.75) is 19.8 Å². The zero-order valence-electron chi connectivity index (χ0n) is 8.78. The monoisotopic (exact) mass is 239 g/mol. The third-order valence-corrected chi connectivity index (χ3v) is 2.67. The van der Waals surface area contributed by atoms with Gasteiger partial charge in [-0.05, 0) is 5.92 Å². The minimum absolute atomic E-state index is 0.00889. The van der Waals surface area contributed by atoms with Crippen LogP contribution in [0.25, 0.3) is 11.0 Å². The summed E-state index contributed by atoms with van der Waals surface area (Å²) < 4.78 is 0. The van der Waals surface area contributed by atoms with E-state index in [0.717, 1.165) is 0 Å². The van der Waals surface area contributed by atoms with Crippen LogP contribution in [0, 0.1) is 0 Å². The van der Waals surface area contributed by atoms with Crippen LogP contribution >= 0.6 is 11.6 Å². The molecule has 0 aliphatic heterocycles. The Bertz CT molecular complexity index is 562. The van der Waals surface area contributed by atoms with Gasteiger partial charge < -0.3 is 5.11 Å². The van der Waals surface area contributed by atoms with Crippen LogP contribution in [-0.4, -0.2) is 26.3 Å². The third-order valence-electron chi connectivity index (χ3n) is 2.38. The fraction of sp³-hybridized carbons (Fsp3) is 0.300. The van der Waals surface area contributed by atoms with Gasteiger partial charge in [0.15, 0.2) is 5.65 Å². The largest absolute Gasteiger partial charge is 0.478 e. The van der Waals surface area contributed by atoms with Gasteiger partial charge in [0.05, 0.1) is 17.1 Å². The number of pyridine rings is 1. The highest BCUT2D eigenvalue weighted by Crippen LogP contribution is 2.31. The molecule has 0 bridgehead atoms. The molecule has 0 atom stereocenters. The number of halogens is 1. The van der Waals surface area contributed by atoms with E-state index in [1.165, 1.54) is 6.20 Å². The molecule has 0 saturated carbocycles. The van der Waals surface area contributed by atoms with Gasteiger partial charge in [0.1, 0.15) is 5.15 Å². The summed E-state index contributed by atoms with van der Waals surface area (Å²) in [7, 11) is 0. The van der Waals surface area contributed by atoms with Crippen molar-refractivity contribution in [1.82, 2.24) is 15.2 Å². The molecule has 0 saturated heterocycles. The Morgan fingerprint density at radius 2 is 2.25 bits per heavy atom. The highest BCUT2D eigenvalue weighted by molar-refractivity contribution is 6.31. The lowest BCUT2D eigenvalue weighted by molar-refractivity contribution is 0.0697. The van der Waals surface area contributed by atoms with Gasteiger partial charge in [-0.3, -0.25) is 5.10 Å². The van der Waals surface area contributed by atoms with E-state index in [9.17, 15) is 9.90 Å². The van der Waals surface area contributed by atoms with E-state index in [-0.39, 0.29) is 16.6 Å². The summed E-state index contributed by atoms with van der Waals surface area (Å²) in [4.78, 5) is 15.3. The smallest absolute Gasteiger partial charge is 0.336 e. The lowest BCUT2D eigenvalue weighted by Gasteiger charge is -2.11. The first kappa shape index (κ1) is 10.9. The summed E-state index contributed by atoms with van der Waals surface area (Å²) in [6, 6.07) is 0. The molecule has 0 unspecified atom stereocenters. The fourth-order valence-corrected chi connectivity index (χ4v) is 2.11. The molecule has 0 aliphatic rings. The topological polar surface area (TPSA) is 78.9 Å². The predicted octanol–water partition coefficient (Wildman–Crippen LogP) is 2.43. The molecule has 2 aromatic rings. The standard InChI is InChI=1S/C10H10ClN3O2/c1-4(2)6-7(10(15)16)5-3-12-14-9(5)13-8(6)11/h3-4H,1-2H3,(H,15,16)(H,12,13,14). The summed E-state index contributed by atoms with van der Waals surface area (Å²) in [6.45, 7) is 3.75. The van der Waals surface area contributed by atoms with E-state index < -0.39 is 5.97 Å². The van der Waals surface area contributed by atoms with Crippen LogP contribution in [0.1, 0.15) is 35.7 Å². The maximum Gasteiger partial charge on any atom is 0.336 e. The van der Waals surface area contributed by atoms with Crippen molar-refractivity contribution in [1.29, 1.82) is 0 Å². The number of aromatic carboxylic acids is 1. The number of carboxylic acid groups (broad SMARTS) is 1. The van der Waals surface area contributed by atoms with Crippen LogP contribution in [-0.2, 0) is 0 Å². The lowest BCUT2D eigenvalue weighted by atomic mass is 9.97. The molecule has 0 fully saturated rings. The number of hydrogen-bond donors (Lipinski definition) is 2. The highest BCUT2D eigenvalue weighted by Gasteiger charge is 2.22. The first-order valence-corrected chi connectivity index (χ1v) is 5.16. The minimum atomic E-state index is -1.01. The molecule has 0 spiro atoms. The van der Waals surface area contributed by atoms with Gasteiger partial charge in [-0.15, -0.1) is 0 Å². The quantitative estimate of drug-likeness (QED) is 0.789. The maximum absolute atomic E-state index is 11.3. The number of carboxylic acids is 1. The average Bonchev–Trinajstić information content (AvgIpc) is 2.61. The summed E-state index contributed by atoms with van der Waals surface area (Å²) in [5.74, 6) is -1.02. The summed E-state index contributed by atoms with van der Waals surface area (Å²) >= 11 is 5.98. The Morgan fingerprint density at radius 3 is 2.81 bits per heavy atom. The van der Waals surface area contributed by atoms with Crippen molar-refractivity contribution in [2.75, 3.05) is 0 Å². The maximum atomic E-state index is 11.3. The average molecular weight is 240 g/mol. The van der Waals surface area contributed by atoms with E-state index in [0.29, 0.717) is 16.6 Å². The van der Waals surface area contributed by atoms with Gasteiger partial charge >= 0.3 is 5.97 Å². The van der Waals surface area contributed by atoms with Crippen LogP contribution in [0.15, 0.2) is 6.20 Å². The van der Waals surface area contributed by atoms with Gasteiger partial charge in [-0.25, -0.2) is 9.78 Å². The molecule has 2 heterocycles. The zero-order valence-corrected chi connectivity index (χ0v) is 9.54. The Labute approximate surface area is 96.4 Å². The van der Waals surface area contributed by atoms with E-state index in [1.54, 1.807) is 0 Å². The molecule has 0 radical (unpaired) electrons. The van der Waals surface area contributed by atoms with Crippen molar-refractivity contribution < 1.29 is 9.90 Å². The Balaban J connectivity index is 2.90. The van der Waals surface area contributed by atoms with Crippen LogP contribution in [0.2, 0.25) is 5.15 Å². The molecule has 6 heteroatoms. The Morgan fingerprint density at radius 1 is 1.56 bits per heavy atom. The van der Waals surface area contributed by atoms with Gasteiger partial charge in [0.2, 0.25) is 0 Å². The number of nitrogens with zero attached hydrogens (tertiary/aromatic N) is 2. The minimum Gasteiger partial charge on any atom is -0.478 e. The van der Waals surface area contributed by atoms with Crippen molar-refractivity contribution in [3.05, 3.63) is 22.5 Å². The highest BCUT2D eigenvalue weighted by atomic mass is 35.5. The number of aromatic amines is 1. The second-order valence-corrected chi connectivity index (χ2v) is 4.14. The molecule has 2 rings (SSSR count). The number of hydrogen-bond acceptors (Lipinski definition) is 3. The normalized spacial score (nSPS) is 11.2. The molecule has 0 aliphatic carbocycles. The molecule has 2 N–H and O–H groups in total. The third kappa shape index (κ3) is 1.53. The van der Waals surface area contributed by atoms with Crippen LogP contribution in [0.3, 0.4) is 0 Å². The predicted molar refractivity (Wildman–Crippen MR) is 59.9 cm³/mol. The SMILES string of the molecule is CC(C)c1c(Cl)nc2[nH]ncc2c1C(=O)O. The summed E-state index contributed by atoms with van der Waals surface area (Å²) in [5, 5.41) is 16.3. The Kier molecular flexibility index (Phi) is 2.55. The number of fused-ring (bicyclic) bond motifs is 1. The van der Waals surface area contributed by atoms with Crippen molar-refractivity contribution in [2.24, 2.45) is 0 Å². The number of aromatic nitrogens is 3. The number of H-pyrrole nitrogens is 1. The summed E-state index contributed by atoms with van der Waals surface area (Å²) in [5.41, 5.74) is 1.12. The number of rotatable bonds is 2. The van der Waals surface area contributed by atoms with Gasteiger partial charge in [-0.2, -0.15) is 5.10 Å². The first-order valence-electron chi connectivity index (χ1n) is 4.78. The molecule has 0 aromatic carbocycles. The van der Waals surface area contributed by atoms with Gasteiger partial charge in [0, 0.05) is 5.56 Å². The van der Waals surface area contributed by atoms with Crippen LogP contribution in [0.5, 0.6) is 0 Å². The van der Waals surface area contributed by atoms with Crippen LogP contribution in [0.4, 0.5) is 0 Å². The molecular formula is C10H10ClN3O2. The zero-order chi connectivity index (χ0) is 11.9. The fourth-order valence-electron chi connectivity index (χ4n) is 1.71. The number of carbonyl (C=O) groups is 1. The van der Waals surface area contributed by atoms with Gasteiger partial charge in [0.25, 0.3) is 0 Å². The molecule has 5 nitrogen and oxygen atoms in total. The second-order valence-electron chi connectivity index (χ2n) is 3.78. The van der Waals surface area contributed by atoms with E-state index in [1.807, 2.05) is 13.8 Å². The van der Waals surface area contributed by atoms with Crippen molar-refractivity contribution >= 4 is 28.6 Å². The van der Waals surface area contributed by atoms with Gasteiger partial charge in [-0.1, -0.05) is 25.4 Å². The molecular weight excluding hydrogens is 230 g/mol. The number of nitrogens with one attached hydrogen (secondary N) is 1. The molecule has 2 aromatic heterocycles. The van der Waals surface area contributed by atoms with Crippen LogP contribution < -0.4 is 0 Å². The molecule has 16 heavy (non-hydrogen) atoms. The Hall–Kier alpha value is -1.62. The van der Waals surface area contributed by atoms with Crippen molar-refractivity contribution in [3.8, 4) is 0 Å². The first-order chi connectivity index (χ1) is 7.52. The van der Waals surface area contributed by atoms with E-state index >= 15 is 0 Å². The lowest BCUT2D eigenvalue weighted by Crippen LogP contribution is -2.07. The summed E-state index contributed by atoms with van der Waals surface area (Å²) in [6.07, 6.45) is 1.45. The second kappa shape index (κ2) is 3.75. The van der Waals surface area contributed by atoms with E-state index in [2.05, 4.69) is 15.2 Å². The molecule has 0 amide bonds. The van der Waals surface area contributed by atoms with E-state index in [4.69, 9.17) is 11.6 Å².